The number of carbonyl (C=O) groups excluding carboxylic acids is 2. The van der Waals surface area contributed by atoms with Crippen LogP contribution >= 0.6 is 0 Å². The fourth-order valence-electron chi connectivity index (χ4n) is 3.72. The molecule has 3 N–H and O–H groups in total. The van der Waals surface area contributed by atoms with E-state index in [1.54, 1.807) is 15.8 Å². The molecule has 0 radical (unpaired) electrons. The quantitative estimate of drug-likeness (QED) is 0.791. The molecule has 2 amide bonds. The number of hydrogen-bond acceptors (Lipinski definition) is 4. The Bertz CT molecular complexity index is 786. The summed E-state index contributed by atoms with van der Waals surface area (Å²) >= 11 is 0. The van der Waals surface area contributed by atoms with Gasteiger partial charge in [0.2, 0.25) is 0 Å². The molecular weight excluding hydrogens is 330 g/mol. The van der Waals surface area contributed by atoms with E-state index in [1.165, 1.54) is 0 Å². The Morgan fingerprint density at radius 2 is 2.04 bits per heavy atom. The zero-order valence-corrected chi connectivity index (χ0v) is 14.5. The van der Waals surface area contributed by atoms with Crippen LogP contribution in [0.15, 0.2) is 48.8 Å². The normalized spacial score (nSPS) is 21.6. The molecule has 2 fully saturated rings. The van der Waals surface area contributed by atoms with Crippen molar-refractivity contribution in [3.8, 4) is 0 Å². The van der Waals surface area contributed by atoms with E-state index in [0.717, 1.165) is 18.4 Å². The highest BCUT2D eigenvalue weighted by molar-refractivity contribution is 6.35. The molecule has 4 rings (SSSR count). The molecule has 1 saturated carbocycles. The number of rotatable bonds is 4. The number of benzene rings is 1. The first kappa shape index (κ1) is 16.8. The van der Waals surface area contributed by atoms with Gasteiger partial charge in [-0.2, -0.15) is 5.10 Å². The van der Waals surface area contributed by atoms with Crippen LogP contribution in [0.5, 0.6) is 0 Å². The molecule has 26 heavy (non-hydrogen) atoms. The lowest BCUT2D eigenvalue weighted by Crippen LogP contribution is -2.44. The second-order valence-electron chi connectivity index (χ2n) is 7.32. The average Bonchev–Trinajstić information content (AvgIpc) is 3.11. The van der Waals surface area contributed by atoms with E-state index in [1.807, 2.05) is 42.6 Å². The van der Waals surface area contributed by atoms with Gasteiger partial charge in [-0.3, -0.25) is 14.3 Å². The number of nitrogens with one attached hydrogen (secondary N) is 1. The number of likely N-dealkylation sites (tertiary alicyclic amines) is 1. The van der Waals surface area contributed by atoms with Crippen LogP contribution in [-0.2, 0) is 16.1 Å². The lowest BCUT2D eigenvalue weighted by atomic mass is 10.0. The van der Waals surface area contributed by atoms with Crippen LogP contribution in [0.2, 0.25) is 0 Å². The van der Waals surface area contributed by atoms with Crippen molar-refractivity contribution in [2.45, 2.75) is 31.5 Å². The maximum Gasteiger partial charge on any atom is 0.311 e. The third-order valence-electron chi connectivity index (χ3n) is 5.52. The second kappa shape index (κ2) is 6.57. The van der Waals surface area contributed by atoms with Crippen LogP contribution in [-0.4, -0.2) is 45.6 Å². The molecular formula is C19H23N5O2. The highest BCUT2D eigenvalue weighted by Crippen LogP contribution is 2.51. The van der Waals surface area contributed by atoms with Crippen molar-refractivity contribution in [2.75, 3.05) is 13.1 Å². The zero-order chi connectivity index (χ0) is 18.1. The summed E-state index contributed by atoms with van der Waals surface area (Å²) in [7, 11) is 0. The van der Waals surface area contributed by atoms with E-state index in [4.69, 9.17) is 5.73 Å². The molecule has 1 aliphatic heterocycles. The molecule has 7 nitrogen and oxygen atoms in total. The third kappa shape index (κ3) is 3.22. The van der Waals surface area contributed by atoms with Crippen LogP contribution in [0.4, 0.5) is 0 Å². The van der Waals surface area contributed by atoms with Crippen molar-refractivity contribution in [3.05, 3.63) is 54.4 Å². The predicted molar refractivity (Wildman–Crippen MR) is 95.8 cm³/mol. The molecule has 2 atom stereocenters. The topological polar surface area (TPSA) is 93.2 Å². The van der Waals surface area contributed by atoms with Gasteiger partial charge in [0, 0.05) is 36.9 Å². The summed E-state index contributed by atoms with van der Waals surface area (Å²) in [5, 5.41) is 7.08. The van der Waals surface area contributed by atoms with Gasteiger partial charge in [0.25, 0.3) is 0 Å². The van der Waals surface area contributed by atoms with Gasteiger partial charge in [-0.1, -0.05) is 30.3 Å². The minimum Gasteiger partial charge on any atom is -0.339 e. The van der Waals surface area contributed by atoms with Crippen molar-refractivity contribution in [1.82, 2.24) is 20.0 Å². The number of nitrogens with zero attached hydrogens (tertiary/aromatic N) is 3. The van der Waals surface area contributed by atoms with Gasteiger partial charge in [0.05, 0.1) is 12.6 Å². The van der Waals surface area contributed by atoms with Crippen LogP contribution in [0, 0.1) is 5.41 Å². The molecule has 1 saturated heterocycles. The van der Waals surface area contributed by atoms with Crippen LogP contribution in [0.1, 0.15) is 24.4 Å². The molecule has 2 aromatic rings. The van der Waals surface area contributed by atoms with Crippen molar-refractivity contribution in [1.29, 1.82) is 0 Å². The maximum atomic E-state index is 12.6. The summed E-state index contributed by atoms with van der Waals surface area (Å²) in [4.78, 5) is 26.8. The number of aromatic nitrogens is 2. The lowest BCUT2D eigenvalue weighted by Gasteiger charge is -2.21. The molecule has 1 aliphatic carbocycles. The molecule has 2 unspecified atom stereocenters. The van der Waals surface area contributed by atoms with Crippen molar-refractivity contribution in [3.63, 3.8) is 0 Å². The first-order valence-electron chi connectivity index (χ1n) is 8.95. The monoisotopic (exact) mass is 353 g/mol. The number of nitrogens with two attached hydrogens (primary N) is 1. The fourth-order valence-corrected chi connectivity index (χ4v) is 3.72. The Hall–Kier alpha value is -2.67. The summed E-state index contributed by atoms with van der Waals surface area (Å²) in [6.07, 6.45) is 5.62. The van der Waals surface area contributed by atoms with E-state index >= 15 is 0 Å². The fraction of sp³-hybridized carbons (Fsp3) is 0.421. The van der Waals surface area contributed by atoms with Gasteiger partial charge in [-0.15, -0.1) is 0 Å². The van der Waals surface area contributed by atoms with Gasteiger partial charge in [0.1, 0.15) is 0 Å². The molecule has 136 valence electrons. The zero-order valence-electron chi connectivity index (χ0n) is 14.5. The third-order valence-corrected chi connectivity index (χ3v) is 5.52. The Morgan fingerprint density at radius 1 is 1.27 bits per heavy atom. The molecule has 2 aliphatic rings. The minimum atomic E-state index is -0.587. The summed E-state index contributed by atoms with van der Waals surface area (Å²) in [6.45, 7) is 1.51. The highest BCUT2D eigenvalue weighted by Gasteiger charge is 2.55. The first-order chi connectivity index (χ1) is 12.6. The van der Waals surface area contributed by atoms with Gasteiger partial charge in [-0.25, -0.2) is 0 Å². The summed E-state index contributed by atoms with van der Waals surface area (Å²) < 4.78 is 1.74. The van der Waals surface area contributed by atoms with Crippen molar-refractivity contribution >= 4 is 11.8 Å². The van der Waals surface area contributed by atoms with Crippen LogP contribution in [0.25, 0.3) is 0 Å². The molecule has 0 bridgehead atoms. The van der Waals surface area contributed by atoms with Gasteiger partial charge < -0.3 is 16.0 Å². The van der Waals surface area contributed by atoms with Crippen LogP contribution in [0.3, 0.4) is 0 Å². The second-order valence-corrected chi connectivity index (χ2v) is 7.32. The summed E-state index contributed by atoms with van der Waals surface area (Å²) in [5.74, 6) is -1.08. The molecule has 2 heterocycles. The molecule has 1 spiro atoms. The number of carbonyl (C=O) groups is 2. The Balaban J connectivity index is 1.46. The Labute approximate surface area is 152 Å². The molecule has 1 aromatic carbocycles. The van der Waals surface area contributed by atoms with E-state index in [2.05, 4.69) is 10.4 Å². The Morgan fingerprint density at radius 3 is 2.65 bits per heavy atom. The highest BCUT2D eigenvalue weighted by atomic mass is 16.2. The van der Waals surface area contributed by atoms with Gasteiger partial charge in [0.15, 0.2) is 0 Å². The van der Waals surface area contributed by atoms with Crippen molar-refractivity contribution in [2.24, 2.45) is 11.1 Å². The average molecular weight is 353 g/mol. The van der Waals surface area contributed by atoms with E-state index in [0.29, 0.717) is 19.6 Å². The molecule has 1 aromatic heterocycles. The number of hydrogen-bond donors (Lipinski definition) is 2. The van der Waals surface area contributed by atoms with Gasteiger partial charge in [-0.05, 0) is 24.5 Å². The smallest absolute Gasteiger partial charge is 0.311 e. The standard InChI is InChI=1S/C19H23N5O2/c20-16-12-23(13-19(16)7-8-19)18(26)17(25)22-15(11-24-10-4-9-21-24)14-5-2-1-3-6-14/h1-6,9-10,15-16H,7-8,11-13,20H2,(H,22,25). The van der Waals surface area contributed by atoms with E-state index in [-0.39, 0.29) is 17.5 Å². The number of amides is 2. The SMILES string of the molecule is NC1CN(C(=O)C(=O)NC(Cn2cccn2)c2ccccc2)CC12CC2. The largest absolute Gasteiger partial charge is 0.339 e. The van der Waals surface area contributed by atoms with Crippen LogP contribution < -0.4 is 11.1 Å². The van der Waals surface area contributed by atoms with Crippen molar-refractivity contribution < 1.29 is 9.59 Å². The van der Waals surface area contributed by atoms with Gasteiger partial charge >= 0.3 is 11.8 Å². The predicted octanol–water partition coefficient (Wildman–Crippen LogP) is 0.690. The Kier molecular flexibility index (Phi) is 4.24. The lowest BCUT2D eigenvalue weighted by molar-refractivity contribution is -0.145. The van der Waals surface area contributed by atoms with E-state index in [9.17, 15) is 9.59 Å². The minimum absolute atomic E-state index is 0.0201. The summed E-state index contributed by atoms with van der Waals surface area (Å²) in [6, 6.07) is 11.1. The molecule has 7 heteroatoms. The first-order valence-corrected chi connectivity index (χ1v) is 8.95. The maximum absolute atomic E-state index is 12.6. The van der Waals surface area contributed by atoms with E-state index < -0.39 is 11.8 Å². The summed E-state index contributed by atoms with van der Waals surface area (Å²) in [5.41, 5.74) is 7.14.